The van der Waals surface area contributed by atoms with E-state index in [4.69, 9.17) is 0 Å². The molecule has 5 nitrogen and oxygen atoms in total. The van der Waals surface area contributed by atoms with E-state index in [9.17, 15) is 0 Å². The van der Waals surface area contributed by atoms with Crippen molar-refractivity contribution in [3.63, 3.8) is 0 Å². The van der Waals surface area contributed by atoms with Gasteiger partial charge in [-0.2, -0.15) is 17.5 Å². The monoisotopic (exact) mass is 357 g/mol. The molecule has 9 heteroatoms. The van der Waals surface area contributed by atoms with E-state index in [1.165, 1.54) is 29.0 Å². The van der Waals surface area contributed by atoms with Gasteiger partial charge in [0.1, 0.15) is 15.7 Å². The Bertz CT molecular complexity index is 635. The maximum absolute atomic E-state index is 4.49. The summed E-state index contributed by atoms with van der Waals surface area (Å²) in [5, 5.41) is 2.90. The summed E-state index contributed by atoms with van der Waals surface area (Å²) in [6.45, 7) is 4.17. The third-order valence-electron chi connectivity index (χ3n) is 3.01. The average Bonchev–Trinajstić information content (AvgIpc) is 3.10. The Morgan fingerprint density at radius 2 is 1.90 bits per heavy atom. The Hall–Kier alpha value is -0.480. The molecule has 0 fully saturated rings. The third-order valence-corrected chi connectivity index (χ3v) is 6.34. The molecule has 1 aliphatic rings. The SMILES string of the molecule is CCSc1nsnc1Sc1nsnc1C1=CCCN(C)C1. The minimum absolute atomic E-state index is 0.935. The minimum Gasteiger partial charge on any atom is -0.302 e. The fourth-order valence-corrected chi connectivity index (χ4v) is 5.23. The average molecular weight is 358 g/mol. The van der Waals surface area contributed by atoms with Crippen LogP contribution in [0.3, 0.4) is 0 Å². The number of nitrogens with zero attached hydrogens (tertiary/aromatic N) is 5. The van der Waals surface area contributed by atoms with Crippen LogP contribution < -0.4 is 0 Å². The molecule has 1 aliphatic heterocycles. The van der Waals surface area contributed by atoms with Gasteiger partial charge in [-0.25, -0.2) is 0 Å². The van der Waals surface area contributed by atoms with Crippen LogP contribution in [0.25, 0.3) is 5.57 Å². The lowest BCUT2D eigenvalue weighted by Gasteiger charge is -2.22. The molecule has 0 spiro atoms. The predicted molar refractivity (Wildman–Crippen MR) is 90.4 cm³/mol. The highest BCUT2D eigenvalue weighted by atomic mass is 32.2. The van der Waals surface area contributed by atoms with Gasteiger partial charge in [0, 0.05) is 13.1 Å². The fraction of sp³-hybridized carbons (Fsp3) is 0.500. The molecule has 0 aliphatic carbocycles. The zero-order valence-corrected chi connectivity index (χ0v) is 15.0. The van der Waals surface area contributed by atoms with Crippen molar-refractivity contribution in [1.82, 2.24) is 22.4 Å². The van der Waals surface area contributed by atoms with E-state index in [0.29, 0.717) is 0 Å². The van der Waals surface area contributed by atoms with E-state index in [1.54, 1.807) is 23.5 Å². The summed E-state index contributed by atoms with van der Waals surface area (Å²) >= 11 is 5.83. The Morgan fingerprint density at radius 3 is 2.71 bits per heavy atom. The third kappa shape index (κ3) is 3.65. The molecular weight excluding hydrogens is 342 g/mol. The highest BCUT2D eigenvalue weighted by Crippen LogP contribution is 2.37. The first kappa shape index (κ1) is 15.4. The van der Waals surface area contributed by atoms with Crippen LogP contribution in [0.4, 0.5) is 0 Å². The number of aromatic nitrogens is 4. The van der Waals surface area contributed by atoms with Gasteiger partial charge in [0.25, 0.3) is 0 Å². The first-order valence-corrected chi connectivity index (χ1v) is 9.88. The summed E-state index contributed by atoms with van der Waals surface area (Å²) in [5.74, 6) is 0.997. The van der Waals surface area contributed by atoms with Crippen LogP contribution in [-0.4, -0.2) is 48.3 Å². The number of rotatable bonds is 5. The van der Waals surface area contributed by atoms with Crippen LogP contribution in [0.5, 0.6) is 0 Å². The number of hydrogen-bond donors (Lipinski definition) is 0. The van der Waals surface area contributed by atoms with Crippen molar-refractivity contribution in [3.05, 3.63) is 11.8 Å². The molecule has 0 bridgehead atoms. The second-order valence-electron chi connectivity index (χ2n) is 4.58. The van der Waals surface area contributed by atoms with Gasteiger partial charge in [-0.05, 0) is 36.6 Å². The molecule has 0 amide bonds. The van der Waals surface area contributed by atoms with Crippen LogP contribution >= 0.6 is 47.0 Å². The number of thioether (sulfide) groups is 1. The van der Waals surface area contributed by atoms with Crippen molar-refractivity contribution in [2.75, 3.05) is 25.9 Å². The smallest absolute Gasteiger partial charge is 0.150 e. The molecular formula is C12H15N5S4. The largest absolute Gasteiger partial charge is 0.302 e. The van der Waals surface area contributed by atoms with E-state index in [2.05, 4.69) is 42.4 Å². The van der Waals surface area contributed by atoms with Crippen molar-refractivity contribution in [2.24, 2.45) is 0 Å². The molecule has 2 aromatic rings. The molecule has 3 rings (SSSR count). The summed E-state index contributed by atoms with van der Waals surface area (Å²) in [5.41, 5.74) is 2.28. The maximum atomic E-state index is 4.49. The van der Waals surface area contributed by atoms with Crippen LogP contribution in [-0.2, 0) is 0 Å². The highest BCUT2D eigenvalue weighted by Gasteiger charge is 2.20. The van der Waals surface area contributed by atoms with Crippen molar-refractivity contribution in [2.45, 2.75) is 28.4 Å². The Labute approximate surface area is 140 Å². The zero-order valence-electron chi connectivity index (χ0n) is 11.8. The number of likely N-dealkylation sites (N-methyl/N-ethyl adjacent to an activating group) is 1. The van der Waals surface area contributed by atoms with Crippen LogP contribution in [0.15, 0.2) is 21.2 Å². The lowest BCUT2D eigenvalue weighted by atomic mass is 10.1. The highest BCUT2D eigenvalue weighted by molar-refractivity contribution is 8.02. The normalized spacial score (nSPS) is 16.2. The molecule has 3 heterocycles. The van der Waals surface area contributed by atoms with Gasteiger partial charge >= 0.3 is 0 Å². The summed E-state index contributed by atoms with van der Waals surface area (Å²) in [4.78, 5) is 2.31. The zero-order chi connectivity index (χ0) is 14.7. The Kier molecular flexibility index (Phi) is 5.28. The van der Waals surface area contributed by atoms with E-state index in [0.717, 1.165) is 46.0 Å². The summed E-state index contributed by atoms with van der Waals surface area (Å²) in [7, 11) is 2.14. The molecule has 112 valence electrons. The quantitative estimate of drug-likeness (QED) is 0.760. The van der Waals surface area contributed by atoms with Crippen LogP contribution in [0.2, 0.25) is 0 Å². The molecule has 21 heavy (non-hydrogen) atoms. The van der Waals surface area contributed by atoms with Gasteiger partial charge in [0.2, 0.25) is 0 Å². The standard InChI is InChI=1S/C12H15N5S4/c1-3-18-11-12(16-21-15-11)19-10-9(13-20-14-10)8-5-4-6-17(2)7-8/h5H,3-4,6-7H2,1-2H3. The summed E-state index contributed by atoms with van der Waals surface area (Å²) in [6, 6.07) is 0. The van der Waals surface area contributed by atoms with Crippen molar-refractivity contribution in [1.29, 1.82) is 0 Å². The van der Waals surface area contributed by atoms with E-state index >= 15 is 0 Å². The molecule has 0 unspecified atom stereocenters. The molecule has 0 radical (unpaired) electrons. The van der Waals surface area contributed by atoms with E-state index in [1.807, 2.05) is 0 Å². The minimum atomic E-state index is 0.935. The summed E-state index contributed by atoms with van der Waals surface area (Å²) < 4.78 is 17.7. The van der Waals surface area contributed by atoms with E-state index in [-0.39, 0.29) is 0 Å². The van der Waals surface area contributed by atoms with Gasteiger partial charge in [-0.1, -0.05) is 13.0 Å². The molecule has 0 aromatic carbocycles. The van der Waals surface area contributed by atoms with Crippen molar-refractivity contribution >= 4 is 52.6 Å². The maximum Gasteiger partial charge on any atom is 0.150 e. The topological polar surface area (TPSA) is 54.8 Å². The summed E-state index contributed by atoms with van der Waals surface area (Å²) in [6.07, 6.45) is 3.35. The Morgan fingerprint density at radius 1 is 1.14 bits per heavy atom. The van der Waals surface area contributed by atoms with Crippen molar-refractivity contribution in [3.8, 4) is 0 Å². The van der Waals surface area contributed by atoms with Gasteiger partial charge in [-0.3, -0.25) is 0 Å². The lowest BCUT2D eigenvalue weighted by Crippen LogP contribution is -2.25. The molecule has 0 saturated carbocycles. The molecule has 0 saturated heterocycles. The fourth-order valence-electron chi connectivity index (χ4n) is 2.06. The molecule has 0 N–H and O–H groups in total. The molecule has 2 aromatic heterocycles. The Balaban J connectivity index is 1.82. The van der Waals surface area contributed by atoms with Gasteiger partial charge in [0.05, 0.1) is 23.5 Å². The van der Waals surface area contributed by atoms with Crippen molar-refractivity contribution < 1.29 is 0 Å². The van der Waals surface area contributed by atoms with Gasteiger partial charge in [-0.15, -0.1) is 11.8 Å². The first-order valence-electron chi connectivity index (χ1n) is 6.61. The van der Waals surface area contributed by atoms with Gasteiger partial charge in [0.15, 0.2) is 5.03 Å². The first-order chi connectivity index (χ1) is 10.3. The molecule has 0 atom stereocenters. The predicted octanol–water partition coefficient (Wildman–Crippen LogP) is 3.37. The van der Waals surface area contributed by atoms with E-state index < -0.39 is 0 Å². The number of hydrogen-bond acceptors (Lipinski definition) is 9. The van der Waals surface area contributed by atoms with Crippen LogP contribution in [0.1, 0.15) is 19.0 Å². The lowest BCUT2D eigenvalue weighted by molar-refractivity contribution is 0.372. The van der Waals surface area contributed by atoms with Gasteiger partial charge < -0.3 is 4.90 Å². The van der Waals surface area contributed by atoms with Crippen LogP contribution in [0, 0.1) is 0 Å². The second-order valence-corrected chi connectivity index (χ2v) is 7.87. The second kappa shape index (κ2) is 7.19.